The van der Waals surface area contributed by atoms with Crippen molar-refractivity contribution >= 4 is 33.4 Å². The molecule has 0 saturated carbocycles. The number of nitrogens with one attached hydrogen (secondary N) is 2. The Morgan fingerprint density at radius 3 is 0.643 bits per heavy atom. The minimum absolute atomic E-state index is 0.107. The minimum atomic E-state index is -0.628. The molecule has 0 atom stereocenters. The van der Waals surface area contributed by atoms with Crippen LogP contribution in [-0.2, 0) is 14.1 Å². The van der Waals surface area contributed by atoms with Crippen LogP contribution in [0.2, 0.25) is 0 Å². The van der Waals surface area contributed by atoms with Crippen molar-refractivity contribution in [3.63, 3.8) is 0 Å². The van der Waals surface area contributed by atoms with Gasteiger partial charge in [0.25, 0.3) is 11.8 Å². The lowest BCUT2D eigenvalue weighted by Crippen LogP contribution is -2.42. The summed E-state index contributed by atoms with van der Waals surface area (Å²) in [6, 6.07) is 116. The highest BCUT2D eigenvalue weighted by atomic mass is 16.2. The van der Waals surface area contributed by atoms with Crippen molar-refractivity contribution in [3.8, 4) is 134 Å². The van der Waals surface area contributed by atoms with Crippen LogP contribution >= 0.6 is 0 Å². The van der Waals surface area contributed by atoms with E-state index < -0.39 is 11.8 Å². The highest BCUT2D eigenvalue weighted by molar-refractivity contribution is 6.23. The number of carbonyl (C=O) groups excluding carboxylic acids is 2. The number of aromatic nitrogens is 4. The standard InChI is InChI=1S/C90H64N6O2/c1-95-85(71-35-19-7-20-36-71)77-75(67-51-43-63(44-52-67)59-27-11-3-12-28-59)83(91-81(79(77)87(95)73-39-23-9-24-40-73)69-55-47-65(48-56-69)61-31-15-5-16-32-61)89(97)93-94-90(98)84-76(68-53-45-64(46-54-68)60-29-13-4-14-30-60)78-80(82(92-84)70-57-49-66(50-58-70)62-33-17-6-18-34-62)88(74-41-25-10-26-42-74)96(2)86(78)72-37-21-8-22-38-72/h3-58H,1-2H3,(H,93,97)(H,94,98). The number of hydrogen-bond donors (Lipinski definition) is 2. The molecular weight excluding hydrogens is 1200 g/mol. The van der Waals surface area contributed by atoms with Crippen LogP contribution in [-0.4, -0.2) is 30.9 Å². The van der Waals surface area contributed by atoms with Crippen molar-refractivity contribution in [3.05, 3.63) is 351 Å². The third-order valence-electron chi connectivity index (χ3n) is 18.7. The van der Waals surface area contributed by atoms with Crippen LogP contribution in [0.3, 0.4) is 0 Å². The van der Waals surface area contributed by atoms with Gasteiger partial charge in [-0.15, -0.1) is 0 Å². The molecule has 16 aromatic rings. The van der Waals surface area contributed by atoms with Gasteiger partial charge >= 0.3 is 0 Å². The molecule has 4 heterocycles. The van der Waals surface area contributed by atoms with E-state index in [1.165, 1.54) is 0 Å². The molecule has 0 spiro atoms. The highest BCUT2D eigenvalue weighted by Gasteiger charge is 2.33. The van der Waals surface area contributed by atoms with Gasteiger partial charge in [0.15, 0.2) is 0 Å². The average molecular weight is 1260 g/mol. The maximum Gasteiger partial charge on any atom is 0.288 e. The van der Waals surface area contributed by atoms with E-state index in [-0.39, 0.29) is 11.4 Å². The van der Waals surface area contributed by atoms with E-state index in [0.717, 1.165) is 133 Å². The Morgan fingerprint density at radius 2 is 0.408 bits per heavy atom. The van der Waals surface area contributed by atoms with Gasteiger partial charge in [0.2, 0.25) is 0 Å². The number of rotatable bonds is 14. The predicted molar refractivity (Wildman–Crippen MR) is 402 cm³/mol. The van der Waals surface area contributed by atoms with E-state index in [2.05, 4.69) is 252 Å². The molecule has 98 heavy (non-hydrogen) atoms. The van der Waals surface area contributed by atoms with Crippen LogP contribution < -0.4 is 10.9 Å². The second-order valence-corrected chi connectivity index (χ2v) is 24.5. The van der Waals surface area contributed by atoms with Crippen LogP contribution in [0.5, 0.6) is 0 Å². The van der Waals surface area contributed by atoms with Crippen molar-refractivity contribution in [2.24, 2.45) is 14.1 Å². The summed E-state index contributed by atoms with van der Waals surface area (Å²) in [4.78, 5) is 43.9. The van der Waals surface area contributed by atoms with Crippen molar-refractivity contribution < 1.29 is 9.59 Å². The quantitative estimate of drug-likeness (QED) is 0.106. The molecule has 0 aliphatic rings. The summed E-state index contributed by atoms with van der Waals surface area (Å²) in [5, 5.41) is 3.37. The second-order valence-electron chi connectivity index (χ2n) is 24.5. The summed E-state index contributed by atoms with van der Waals surface area (Å²) in [7, 11) is 4.19. The van der Waals surface area contributed by atoms with Crippen LogP contribution in [0.25, 0.3) is 156 Å². The monoisotopic (exact) mass is 1260 g/mol. The molecule has 0 radical (unpaired) electrons. The molecule has 0 unspecified atom stereocenters. The lowest BCUT2D eigenvalue weighted by Gasteiger charge is -2.19. The average Bonchev–Trinajstić information content (AvgIpc) is 1.54. The molecule has 2 amide bonds. The fourth-order valence-corrected chi connectivity index (χ4v) is 14.1. The van der Waals surface area contributed by atoms with Gasteiger partial charge < -0.3 is 9.13 Å². The lowest BCUT2D eigenvalue weighted by molar-refractivity contribution is 0.0842. The van der Waals surface area contributed by atoms with E-state index in [4.69, 9.17) is 9.97 Å². The molecule has 466 valence electrons. The summed E-state index contributed by atoms with van der Waals surface area (Å²) >= 11 is 0. The van der Waals surface area contributed by atoms with Crippen LogP contribution in [0.15, 0.2) is 340 Å². The zero-order valence-electron chi connectivity index (χ0n) is 53.9. The largest absolute Gasteiger partial charge is 0.343 e. The first-order chi connectivity index (χ1) is 48.3. The molecule has 16 rings (SSSR count). The predicted octanol–water partition coefficient (Wildman–Crippen LogP) is 21.5. The van der Waals surface area contributed by atoms with E-state index in [1.807, 2.05) is 121 Å². The first kappa shape index (κ1) is 59.9. The van der Waals surface area contributed by atoms with Crippen molar-refractivity contribution in [1.29, 1.82) is 0 Å². The fourth-order valence-electron chi connectivity index (χ4n) is 14.1. The van der Waals surface area contributed by atoms with E-state index in [1.54, 1.807) is 0 Å². The topological polar surface area (TPSA) is 93.8 Å². The molecule has 0 aliphatic carbocycles. The Kier molecular flexibility index (Phi) is 15.9. The zero-order valence-corrected chi connectivity index (χ0v) is 53.9. The smallest absolute Gasteiger partial charge is 0.288 e. The maximum absolute atomic E-state index is 16.3. The number of carbonyl (C=O) groups is 2. The van der Waals surface area contributed by atoms with E-state index in [0.29, 0.717) is 22.5 Å². The minimum Gasteiger partial charge on any atom is -0.343 e. The number of benzene rings is 12. The van der Waals surface area contributed by atoms with Gasteiger partial charge in [-0.2, -0.15) is 0 Å². The molecule has 0 fully saturated rings. The normalized spacial score (nSPS) is 11.2. The third kappa shape index (κ3) is 11.1. The van der Waals surface area contributed by atoms with Crippen molar-refractivity contribution in [1.82, 2.24) is 30.0 Å². The molecular formula is C90H64N6O2. The maximum atomic E-state index is 16.3. The number of fused-ring (bicyclic) bond motifs is 2. The lowest BCUT2D eigenvalue weighted by atomic mass is 9.90. The number of pyridine rings is 2. The summed E-state index contributed by atoms with van der Waals surface area (Å²) in [6.07, 6.45) is 0. The zero-order chi connectivity index (χ0) is 66.1. The third-order valence-corrected chi connectivity index (χ3v) is 18.7. The molecule has 8 heteroatoms. The van der Waals surface area contributed by atoms with E-state index in [9.17, 15) is 0 Å². The number of amides is 2. The number of hydrogen-bond acceptors (Lipinski definition) is 4. The fraction of sp³-hybridized carbons (Fsp3) is 0.0222. The van der Waals surface area contributed by atoms with Gasteiger partial charge in [-0.25, -0.2) is 9.97 Å². The molecule has 0 saturated heterocycles. The second kappa shape index (κ2) is 26.0. The van der Waals surface area contributed by atoms with Crippen LogP contribution in [0.4, 0.5) is 0 Å². The molecule has 0 bridgehead atoms. The molecule has 8 nitrogen and oxygen atoms in total. The van der Waals surface area contributed by atoms with E-state index >= 15 is 9.59 Å². The molecule has 2 N–H and O–H groups in total. The molecule has 0 aliphatic heterocycles. The van der Waals surface area contributed by atoms with Gasteiger partial charge in [0.05, 0.1) is 34.2 Å². The van der Waals surface area contributed by atoms with Gasteiger partial charge in [-0.3, -0.25) is 20.4 Å². The SMILES string of the molecule is Cn1c(-c2ccccc2)c2c(-c3ccc(-c4ccccc4)cc3)nc(C(=O)NNC(=O)c3nc(-c4ccc(-c5ccccc5)cc4)c4c(-c5ccccc5)n(C)c(-c5ccccc5)c4c3-c3ccc(-c4ccccc4)cc3)c(-c3ccc(-c4ccccc4)cc3)c2c1-c1ccccc1. The molecule has 4 aromatic heterocycles. The Balaban J connectivity index is 0.930. The van der Waals surface area contributed by atoms with Gasteiger partial charge in [0.1, 0.15) is 11.4 Å². The highest BCUT2D eigenvalue weighted by Crippen LogP contribution is 2.51. The van der Waals surface area contributed by atoms with Gasteiger partial charge in [-0.05, 0) is 77.9 Å². The van der Waals surface area contributed by atoms with Gasteiger partial charge in [0, 0.05) is 57.9 Å². The Bertz CT molecular complexity index is 5220. The van der Waals surface area contributed by atoms with Crippen molar-refractivity contribution in [2.45, 2.75) is 0 Å². The van der Waals surface area contributed by atoms with Gasteiger partial charge in [-0.1, -0.05) is 340 Å². The summed E-state index contributed by atoms with van der Waals surface area (Å²) < 4.78 is 4.48. The Hall–Kier alpha value is -13.0. The molecule has 12 aromatic carbocycles. The number of hydrazine groups is 1. The Labute approximate surface area is 569 Å². The number of nitrogens with zero attached hydrogens (tertiary/aromatic N) is 4. The first-order valence-corrected chi connectivity index (χ1v) is 32.9. The van der Waals surface area contributed by atoms with Crippen LogP contribution in [0, 0.1) is 0 Å². The van der Waals surface area contributed by atoms with Crippen LogP contribution in [0.1, 0.15) is 21.0 Å². The first-order valence-electron chi connectivity index (χ1n) is 32.9. The Morgan fingerprint density at radius 1 is 0.224 bits per heavy atom. The van der Waals surface area contributed by atoms with Crippen molar-refractivity contribution in [2.75, 3.05) is 0 Å². The summed E-state index contributed by atoms with van der Waals surface area (Å²) in [6.45, 7) is 0. The summed E-state index contributed by atoms with van der Waals surface area (Å²) in [5.41, 5.74) is 27.6. The summed E-state index contributed by atoms with van der Waals surface area (Å²) in [5.74, 6) is -1.26.